The summed E-state index contributed by atoms with van der Waals surface area (Å²) >= 11 is 0. The third-order valence-corrected chi connectivity index (χ3v) is 5.27. The Morgan fingerprint density at radius 2 is 1.81 bits per heavy atom. The minimum atomic E-state index is 0.0747. The molecule has 32 heavy (non-hydrogen) atoms. The highest BCUT2D eigenvalue weighted by molar-refractivity contribution is 5.76. The number of hydrogen-bond donors (Lipinski definition) is 1. The smallest absolute Gasteiger partial charge is 0.220 e. The zero-order valence-corrected chi connectivity index (χ0v) is 18.3. The highest BCUT2D eigenvalue weighted by atomic mass is 16.5. The Morgan fingerprint density at radius 1 is 1.00 bits per heavy atom. The molecule has 2 heterocycles. The van der Waals surface area contributed by atoms with Crippen LogP contribution in [0, 0.1) is 6.92 Å². The minimum absolute atomic E-state index is 0.0747. The van der Waals surface area contributed by atoms with Crippen molar-refractivity contribution in [2.75, 3.05) is 6.54 Å². The molecular formula is C26H28N4O2. The van der Waals surface area contributed by atoms with E-state index in [1.165, 1.54) is 0 Å². The number of fused-ring (bicyclic) bond motifs is 1. The molecule has 1 amide bonds. The normalized spacial score (nSPS) is 10.9. The number of ether oxygens (including phenoxy) is 1. The first-order valence-corrected chi connectivity index (χ1v) is 11.0. The van der Waals surface area contributed by atoms with Crippen molar-refractivity contribution in [2.45, 2.75) is 39.2 Å². The Bertz CT molecular complexity index is 1150. The summed E-state index contributed by atoms with van der Waals surface area (Å²) in [5.74, 6) is 0.908. The van der Waals surface area contributed by atoms with Gasteiger partial charge in [-0.1, -0.05) is 42.5 Å². The van der Waals surface area contributed by atoms with Gasteiger partial charge in [0.05, 0.1) is 5.69 Å². The van der Waals surface area contributed by atoms with Crippen LogP contribution in [0.2, 0.25) is 0 Å². The van der Waals surface area contributed by atoms with Crippen LogP contribution in [0.15, 0.2) is 73.1 Å². The SMILES string of the molecule is Cc1cc2ncc(CCCNC(=O)CCc3ccc(OCc4ccccc4)cc3)cn2n1. The molecule has 0 radical (unpaired) electrons. The molecule has 0 saturated heterocycles. The zero-order chi connectivity index (χ0) is 22.2. The van der Waals surface area contributed by atoms with Crippen LogP contribution < -0.4 is 10.1 Å². The summed E-state index contributed by atoms with van der Waals surface area (Å²) in [6, 6.07) is 20.0. The molecule has 0 aliphatic rings. The van der Waals surface area contributed by atoms with E-state index < -0.39 is 0 Å². The average molecular weight is 429 g/mol. The molecule has 0 atom stereocenters. The summed E-state index contributed by atoms with van der Waals surface area (Å²) in [7, 11) is 0. The molecule has 0 saturated carbocycles. The topological polar surface area (TPSA) is 68.5 Å². The summed E-state index contributed by atoms with van der Waals surface area (Å²) in [6.07, 6.45) is 6.80. The van der Waals surface area contributed by atoms with Crippen LogP contribution in [0.25, 0.3) is 5.65 Å². The fourth-order valence-electron chi connectivity index (χ4n) is 3.52. The first kappa shape index (κ1) is 21.6. The van der Waals surface area contributed by atoms with Crippen molar-refractivity contribution < 1.29 is 9.53 Å². The molecule has 0 unspecified atom stereocenters. The fourth-order valence-corrected chi connectivity index (χ4v) is 3.52. The van der Waals surface area contributed by atoms with Crippen LogP contribution in [-0.2, 0) is 24.2 Å². The number of carbonyl (C=O) groups excluding carboxylic acids is 1. The first-order valence-electron chi connectivity index (χ1n) is 11.0. The van der Waals surface area contributed by atoms with Crippen molar-refractivity contribution in [3.05, 3.63) is 95.4 Å². The lowest BCUT2D eigenvalue weighted by Crippen LogP contribution is -2.25. The lowest BCUT2D eigenvalue weighted by atomic mass is 10.1. The van der Waals surface area contributed by atoms with E-state index in [0.717, 1.165) is 46.6 Å². The second kappa shape index (κ2) is 10.6. The quantitative estimate of drug-likeness (QED) is 0.383. The average Bonchev–Trinajstić information content (AvgIpc) is 3.20. The Kier molecular flexibility index (Phi) is 7.12. The summed E-state index contributed by atoms with van der Waals surface area (Å²) in [6.45, 7) is 3.16. The van der Waals surface area contributed by atoms with Crippen molar-refractivity contribution in [1.29, 1.82) is 0 Å². The van der Waals surface area contributed by atoms with Crippen LogP contribution in [0.4, 0.5) is 0 Å². The molecule has 6 heteroatoms. The number of amides is 1. The van der Waals surface area contributed by atoms with Gasteiger partial charge in [-0.3, -0.25) is 4.79 Å². The van der Waals surface area contributed by atoms with E-state index >= 15 is 0 Å². The lowest BCUT2D eigenvalue weighted by molar-refractivity contribution is -0.121. The van der Waals surface area contributed by atoms with Gasteiger partial charge in [0.2, 0.25) is 5.91 Å². The van der Waals surface area contributed by atoms with Gasteiger partial charge in [-0.05, 0) is 55.0 Å². The van der Waals surface area contributed by atoms with E-state index in [9.17, 15) is 4.79 Å². The molecule has 0 aliphatic carbocycles. The number of aromatic nitrogens is 3. The molecule has 0 fully saturated rings. The molecule has 0 aliphatic heterocycles. The standard InChI is InChI=1S/C26H28N4O2/c1-20-16-25-28-17-23(18-30(25)29-20)8-5-15-27-26(31)14-11-21-9-12-24(13-10-21)32-19-22-6-3-2-4-7-22/h2-4,6-7,9-10,12-13,16-18H,5,8,11,14-15,19H2,1H3,(H,27,31). The van der Waals surface area contributed by atoms with Gasteiger partial charge in [0.25, 0.3) is 0 Å². The Hall–Kier alpha value is -3.67. The third-order valence-electron chi connectivity index (χ3n) is 5.27. The monoisotopic (exact) mass is 428 g/mol. The summed E-state index contributed by atoms with van der Waals surface area (Å²) in [5.41, 5.74) is 5.19. The number of nitrogens with one attached hydrogen (secondary N) is 1. The minimum Gasteiger partial charge on any atom is -0.489 e. The lowest BCUT2D eigenvalue weighted by Gasteiger charge is -2.08. The van der Waals surface area contributed by atoms with Gasteiger partial charge in [-0.25, -0.2) is 9.50 Å². The van der Waals surface area contributed by atoms with Crippen molar-refractivity contribution in [2.24, 2.45) is 0 Å². The summed E-state index contributed by atoms with van der Waals surface area (Å²) in [5, 5.41) is 7.40. The van der Waals surface area contributed by atoms with Gasteiger partial charge >= 0.3 is 0 Å². The zero-order valence-electron chi connectivity index (χ0n) is 18.3. The van der Waals surface area contributed by atoms with E-state index in [1.807, 2.05) is 80.0 Å². The molecule has 2 aromatic heterocycles. The summed E-state index contributed by atoms with van der Waals surface area (Å²) in [4.78, 5) is 16.6. The van der Waals surface area contributed by atoms with Crippen molar-refractivity contribution >= 4 is 11.6 Å². The number of nitrogens with zero attached hydrogens (tertiary/aromatic N) is 3. The van der Waals surface area contributed by atoms with Gasteiger partial charge in [-0.15, -0.1) is 0 Å². The second-order valence-electron chi connectivity index (χ2n) is 7.92. The Balaban J connectivity index is 1.13. The molecule has 164 valence electrons. The highest BCUT2D eigenvalue weighted by Crippen LogP contribution is 2.15. The molecule has 1 N–H and O–H groups in total. The molecule has 0 spiro atoms. The number of hydrogen-bond acceptors (Lipinski definition) is 4. The van der Waals surface area contributed by atoms with E-state index in [4.69, 9.17) is 4.74 Å². The van der Waals surface area contributed by atoms with E-state index in [-0.39, 0.29) is 5.91 Å². The van der Waals surface area contributed by atoms with Crippen LogP contribution in [0.5, 0.6) is 5.75 Å². The highest BCUT2D eigenvalue weighted by Gasteiger charge is 2.04. The molecule has 6 nitrogen and oxygen atoms in total. The van der Waals surface area contributed by atoms with E-state index in [2.05, 4.69) is 15.4 Å². The Morgan fingerprint density at radius 3 is 2.62 bits per heavy atom. The molecular weight excluding hydrogens is 400 g/mol. The Labute approximate surface area is 188 Å². The maximum atomic E-state index is 12.2. The maximum Gasteiger partial charge on any atom is 0.220 e. The molecule has 4 aromatic rings. The maximum absolute atomic E-state index is 12.2. The van der Waals surface area contributed by atoms with Crippen molar-refractivity contribution in [1.82, 2.24) is 19.9 Å². The van der Waals surface area contributed by atoms with Gasteiger partial charge in [0, 0.05) is 31.4 Å². The number of rotatable bonds is 10. The van der Waals surface area contributed by atoms with Crippen molar-refractivity contribution in [3.8, 4) is 5.75 Å². The third kappa shape index (κ3) is 6.17. The van der Waals surface area contributed by atoms with Crippen LogP contribution in [0.3, 0.4) is 0 Å². The van der Waals surface area contributed by atoms with Gasteiger partial charge in [0.15, 0.2) is 5.65 Å². The predicted octanol–water partition coefficient (Wildman–Crippen LogP) is 4.30. The van der Waals surface area contributed by atoms with Gasteiger partial charge in [0.1, 0.15) is 12.4 Å². The predicted molar refractivity (Wildman–Crippen MR) is 125 cm³/mol. The van der Waals surface area contributed by atoms with Gasteiger partial charge < -0.3 is 10.1 Å². The van der Waals surface area contributed by atoms with Crippen LogP contribution in [-0.4, -0.2) is 27.0 Å². The molecule has 0 bridgehead atoms. The van der Waals surface area contributed by atoms with Gasteiger partial charge in [-0.2, -0.15) is 5.10 Å². The second-order valence-corrected chi connectivity index (χ2v) is 7.92. The first-order chi connectivity index (χ1) is 15.7. The largest absolute Gasteiger partial charge is 0.489 e. The molecule has 4 rings (SSSR count). The van der Waals surface area contributed by atoms with Crippen molar-refractivity contribution in [3.63, 3.8) is 0 Å². The fraction of sp³-hybridized carbons (Fsp3) is 0.269. The van der Waals surface area contributed by atoms with E-state index in [1.54, 1.807) is 4.52 Å². The van der Waals surface area contributed by atoms with Crippen LogP contribution in [0.1, 0.15) is 35.2 Å². The number of benzene rings is 2. The summed E-state index contributed by atoms with van der Waals surface area (Å²) < 4.78 is 7.62. The number of carbonyl (C=O) groups is 1. The van der Waals surface area contributed by atoms with Crippen LogP contribution >= 0.6 is 0 Å². The molecule has 2 aromatic carbocycles. The number of aryl methyl sites for hydroxylation is 3. The van der Waals surface area contributed by atoms with E-state index in [0.29, 0.717) is 26.0 Å².